The number of nitrogens with one attached hydrogen (secondary N) is 1. The first kappa shape index (κ1) is 16.4. The number of hydrogen-bond donors (Lipinski definition) is 2. The Balaban J connectivity index is 1.50. The van der Waals surface area contributed by atoms with Gasteiger partial charge in [0, 0.05) is 12.6 Å². The van der Waals surface area contributed by atoms with Crippen LogP contribution in [0.3, 0.4) is 0 Å². The van der Waals surface area contributed by atoms with Crippen LogP contribution in [-0.2, 0) is 0 Å². The van der Waals surface area contributed by atoms with E-state index < -0.39 is 0 Å². The van der Waals surface area contributed by atoms with Crippen molar-refractivity contribution in [3.63, 3.8) is 0 Å². The fourth-order valence-corrected chi connectivity index (χ4v) is 2.81. The van der Waals surface area contributed by atoms with Crippen LogP contribution in [0.25, 0.3) is 0 Å². The lowest BCUT2D eigenvalue weighted by Gasteiger charge is -2.24. The molecule has 2 N–H and O–H groups in total. The van der Waals surface area contributed by atoms with E-state index in [1.807, 2.05) is 6.07 Å². The summed E-state index contributed by atoms with van der Waals surface area (Å²) in [6.07, 6.45) is 3.56. The minimum absolute atomic E-state index is 0.134. The summed E-state index contributed by atoms with van der Waals surface area (Å²) < 4.78 is 18.3. The predicted molar refractivity (Wildman–Crippen MR) is 89.9 cm³/mol. The Morgan fingerprint density at radius 3 is 2.92 bits per heavy atom. The molecule has 0 saturated carbocycles. The van der Waals surface area contributed by atoms with E-state index in [4.69, 9.17) is 4.74 Å². The number of rotatable bonds is 7. The van der Waals surface area contributed by atoms with Crippen molar-refractivity contribution >= 4 is 11.6 Å². The zero-order chi connectivity index (χ0) is 16.8. The highest BCUT2D eigenvalue weighted by Crippen LogP contribution is 2.24. The van der Waals surface area contributed by atoms with Gasteiger partial charge in [0.05, 0.1) is 19.2 Å². The van der Waals surface area contributed by atoms with Crippen LogP contribution in [-0.4, -0.2) is 47.4 Å². The minimum Gasteiger partial charge on any atom is -0.492 e. The molecule has 0 amide bonds. The average Bonchev–Trinajstić information content (AvgIpc) is 3.09. The minimum atomic E-state index is -0.280. The number of benzene rings is 1. The molecule has 0 radical (unpaired) electrons. The molecule has 1 aliphatic rings. The third kappa shape index (κ3) is 4.11. The van der Waals surface area contributed by atoms with Crippen molar-refractivity contribution < 1.29 is 14.2 Å². The molecule has 1 fully saturated rings. The molecule has 0 aliphatic carbocycles. The van der Waals surface area contributed by atoms with Gasteiger partial charge in [-0.1, -0.05) is 0 Å². The Morgan fingerprint density at radius 1 is 1.29 bits per heavy atom. The number of aromatic nitrogens is 2. The quantitative estimate of drug-likeness (QED) is 0.757. The fraction of sp³-hybridized carbons (Fsp3) is 0.412. The van der Waals surface area contributed by atoms with Crippen LogP contribution in [0.5, 0.6) is 5.75 Å². The molecule has 128 valence electrons. The van der Waals surface area contributed by atoms with E-state index in [-0.39, 0.29) is 18.5 Å². The van der Waals surface area contributed by atoms with Gasteiger partial charge in [-0.15, -0.1) is 0 Å². The molecule has 1 saturated heterocycles. The first-order chi connectivity index (χ1) is 11.8. The molecule has 2 aromatic rings. The second-order valence-electron chi connectivity index (χ2n) is 5.66. The SMILES string of the molecule is OCC1CCCN1c1cc(NCCOc2ccc(F)cc2)ncn1. The first-order valence-electron chi connectivity index (χ1n) is 8.08. The number of anilines is 2. The maximum atomic E-state index is 12.8. The lowest BCUT2D eigenvalue weighted by atomic mass is 10.2. The van der Waals surface area contributed by atoms with Crippen LogP contribution in [0.15, 0.2) is 36.7 Å². The van der Waals surface area contributed by atoms with E-state index in [9.17, 15) is 9.50 Å². The lowest BCUT2D eigenvalue weighted by Crippen LogP contribution is -2.32. The molecule has 0 spiro atoms. The summed E-state index contributed by atoms with van der Waals surface area (Å²) >= 11 is 0. The molecular weight excluding hydrogens is 311 g/mol. The second-order valence-corrected chi connectivity index (χ2v) is 5.66. The molecule has 24 heavy (non-hydrogen) atoms. The number of halogens is 1. The molecular formula is C17H21FN4O2. The van der Waals surface area contributed by atoms with Crippen molar-refractivity contribution in [3.8, 4) is 5.75 Å². The van der Waals surface area contributed by atoms with E-state index in [0.29, 0.717) is 24.7 Å². The fourth-order valence-electron chi connectivity index (χ4n) is 2.81. The third-order valence-electron chi connectivity index (χ3n) is 4.03. The molecule has 3 rings (SSSR count). The van der Waals surface area contributed by atoms with E-state index in [2.05, 4.69) is 20.2 Å². The molecule has 1 aliphatic heterocycles. The molecule has 1 unspecified atom stereocenters. The molecule has 1 aromatic carbocycles. The van der Waals surface area contributed by atoms with E-state index >= 15 is 0 Å². The predicted octanol–water partition coefficient (Wildman–Crippen LogP) is 2.07. The van der Waals surface area contributed by atoms with Gasteiger partial charge >= 0.3 is 0 Å². The Hall–Kier alpha value is -2.41. The van der Waals surface area contributed by atoms with Gasteiger partial charge in [0.1, 0.15) is 36.1 Å². The zero-order valence-electron chi connectivity index (χ0n) is 13.4. The monoisotopic (exact) mass is 332 g/mol. The van der Waals surface area contributed by atoms with Gasteiger partial charge in [-0.2, -0.15) is 0 Å². The Labute approximate surface area is 140 Å². The van der Waals surface area contributed by atoms with Gasteiger partial charge in [-0.05, 0) is 37.1 Å². The summed E-state index contributed by atoms with van der Waals surface area (Å²) in [6, 6.07) is 7.95. The normalized spacial score (nSPS) is 17.1. The van der Waals surface area contributed by atoms with E-state index in [1.54, 1.807) is 12.1 Å². The highest BCUT2D eigenvalue weighted by Gasteiger charge is 2.25. The van der Waals surface area contributed by atoms with Crippen molar-refractivity contribution in [2.45, 2.75) is 18.9 Å². The summed E-state index contributed by atoms with van der Waals surface area (Å²) in [5.74, 6) is 1.89. The second kappa shape index (κ2) is 7.92. The highest BCUT2D eigenvalue weighted by molar-refractivity contribution is 5.49. The molecule has 2 heterocycles. The van der Waals surface area contributed by atoms with Crippen molar-refractivity contribution in [1.82, 2.24) is 9.97 Å². The number of aliphatic hydroxyl groups is 1. The van der Waals surface area contributed by atoms with Crippen LogP contribution in [0.2, 0.25) is 0 Å². The van der Waals surface area contributed by atoms with Gasteiger partial charge in [0.15, 0.2) is 0 Å². The largest absolute Gasteiger partial charge is 0.492 e. The average molecular weight is 332 g/mol. The maximum Gasteiger partial charge on any atom is 0.134 e. The van der Waals surface area contributed by atoms with Gasteiger partial charge < -0.3 is 20.1 Å². The van der Waals surface area contributed by atoms with Gasteiger partial charge in [-0.25, -0.2) is 14.4 Å². The van der Waals surface area contributed by atoms with Crippen molar-refractivity contribution in [2.24, 2.45) is 0 Å². The summed E-state index contributed by atoms with van der Waals surface area (Å²) in [5.41, 5.74) is 0. The molecule has 1 atom stereocenters. The third-order valence-corrected chi connectivity index (χ3v) is 4.03. The molecule has 0 bridgehead atoms. The molecule has 7 heteroatoms. The van der Waals surface area contributed by atoms with Crippen molar-refractivity contribution in [1.29, 1.82) is 0 Å². The van der Waals surface area contributed by atoms with Crippen LogP contribution in [0.1, 0.15) is 12.8 Å². The zero-order valence-corrected chi connectivity index (χ0v) is 13.4. The van der Waals surface area contributed by atoms with Crippen LogP contribution in [0, 0.1) is 5.82 Å². The summed E-state index contributed by atoms with van der Waals surface area (Å²) in [5, 5.41) is 12.6. The highest BCUT2D eigenvalue weighted by atomic mass is 19.1. The number of ether oxygens (including phenoxy) is 1. The summed E-state index contributed by atoms with van der Waals surface area (Å²) in [4.78, 5) is 10.6. The van der Waals surface area contributed by atoms with Crippen molar-refractivity contribution in [3.05, 3.63) is 42.5 Å². The number of nitrogens with zero attached hydrogens (tertiary/aromatic N) is 3. The van der Waals surface area contributed by atoms with Gasteiger partial charge in [-0.3, -0.25) is 0 Å². The number of hydrogen-bond acceptors (Lipinski definition) is 6. The Morgan fingerprint density at radius 2 is 2.12 bits per heavy atom. The Bertz CT molecular complexity index is 653. The Kier molecular flexibility index (Phi) is 5.43. The topological polar surface area (TPSA) is 70.5 Å². The van der Waals surface area contributed by atoms with Gasteiger partial charge in [0.25, 0.3) is 0 Å². The van der Waals surface area contributed by atoms with Crippen LogP contribution >= 0.6 is 0 Å². The lowest BCUT2D eigenvalue weighted by molar-refractivity contribution is 0.266. The molecule has 1 aromatic heterocycles. The standard InChI is InChI=1S/C17H21FN4O2/c18-13-3-5-15(6-4-13)24-9-7-19-16-10-17(21-12-20-16)22-8-1-2-14(22)11-23/h3-6,10,12,14,23H,1-2,7-9,11H2,(H,19,20,21). The summed E-state index contributed by atoms with van der Waals surface area (Å²) in [6.45, 7) is 2.04. The summed E-state index contributed by atoms with van der Waals surface area (Å²) in [7, 11) is 0. The van der Waals surface area contributed by atoms with Gasteiger partial charge in [0.2, 0.25) is 0 Å². The number of aliphatic hydroxyl groups excluding tert-OH is 1. The van der Waals surface area contributed by atoms with Crippen LogP contribution in [0.4, 0.5) is 16.0 Å². The smallest absolute Gasteiger partial charge is 0.134 e. The van der Waals surface area contributed by atoms with Crippen molar-refractivity contribution in [2.75, 3.05) is 36.5 Å². The van der Waals surface area contributed by atoms with Crippen LogP contribution < -0.4 is 15.0 Å². The maximum absolute atomic E-state index is 12.8. The first-order valence-corrected chi connectivity index (χ1v) is 8.08. The molecule has 6 nitrogen and oxygen atoms in total. The van der Waals surface area contributed by atoms with E-state index in [1.165, 1.54) is 18.5 Å². The van der Waals surface area contributed by atoms with E-state index in [0.717, 1.165) is 25.2 Å².